The normalized spacial score (nSPS) is 14.6. The van der Waals surface area contributed by atoms with Gasteiger partial charge in [-0.1, -0.05) is 24.3 Å². The third kappa shape index (κ3) is 3.43. The second-order valence-corrected chi connectivity index (χ2v) is 6.82. The van der Waals surface area contributed by atoms with Gasteiger partial charge < -0.3 is 14.4 Å². The summed E-state index contributed by atoms with van der Waals surface area (Å²) in [7, 11) is 0. The van der Waals surface area contributed by atoms with E-state index in [4.69, 9.17) is 0 Å². The van der Waals surface area contributed by atoms with Gasteiger partial charge in [0.1, 0.15) is 12.4 Å². The van der Waals surface area contributed by atoms with Crippen molar-refractivity contribution in [3.8, 4) is 0 Å². The average Bonchev–Trinajstić information content (AvgIpc) is 2.72. The summed E-state index contributed by atoms with van der Waals surface area (Å²) in [5.74, 6) is 0.919. The van der Waals surface area contributed by atoms with Crippen LogP contribution in [0.3, 0.4) is 0 Å². The van der Waals surface area contributed by atoms with Gasteiger partial charge in [0.2, 0.25) is 5.91 Å². The molecule has 6 heteroatoms. The van der Waals surface area contributed by atoms with E-state index in [0.717, 1.165) is 30.0 Å². The van der Waals surface area contributed by atoms with Crippen molar-refractivity contribution < 1.29 is 4.79 Å². The van der Waals surface area contributed by atoms with Crippen molar-refractivity contribution in [1.82, 2.24) is 14.5 Å². The van der Waals surface area contributed by atoms with Crippen LogP contribution in [0.15, 0.2) is 59.5 Å². The first-order valence-electron chi connectivity index (χ1n) is 9.16. The molecule has 1 aliphatic heterocycles. The maximum atomic E-state index is 12.8. The molecule has 0 unspecified atom stereocenters. The first kappa shape index (κ1) is 17.3. The van der Waals surface area contributed by atoms with Crippen molar-refractivity contribution in [1.29, 1.82) is 0 Å². The zero-order valence-corrected chi connectivity index (χ0v) is 15.3. The number of rotatable bonds is 3. The number of benzene rings is 1. The maximum Gasteiger partial charge on any atom is 0.259 e. The van der Waals surface area contributed by atoms with Crippen molar-refractivity contribution in [2.45, 2.75) is 13.5 Å². The number of aromatic nitrogens is 2. The first-order valence-corrected chi connectivity index (χ1v) is 9.16. The van der Waals surface area contributed by atoms with Gasteiger partial charge in [0, 0.05) is 43.5 Å². The second kappa shape index (κ2) is 7.23. The molecule has 1 aromatic carbocycles. The molecule has 138 valence electrons. The van der Waals surface area contributed by atoms with Crippen molar-refractivity contribution in [2.75, 3.05) is 31.1 Å². The molecule has 1 aliphatic rings. The molecule has 1 saturated heterocycles. The van der Waals surface area contributed by atoms with E-state index in [9.17, 15) is 9.59 Å². The number of nitrogens with zero attached hydrogens (tertiary/aromatic N) is 4. The lowest BCUT2D eigenvalue weighted by Gasteiger charge is -2.35. The van der Waals surface area contributed by atoms with E-state index in [2.05, 4.69) is 9.88 Å². The van der Waals surface area contributed by atoms with Gasteiger partial charge in [-0.05, 0) is 36.6 Å². The molecule has 0 atom stereocenters. The quantitative estimate of drug-likeness (QED) is 0.716. The Kier molecular flexibility index (Phi) is 4.62. The molecule has 1 amide bonds. The number of anilines is 1. The SMILES string of the molecule is Cc1cc2ccccc2c(=O)n1CC(=O)N1CCN(c2ccccn2)CC1. The molecule has 1 fully saturated rings. The minimum atomic E-state index is -0.105. The third-order valence-electron chi connectivity index (χ3n) is 5.13. The van der Waals surface area contributed by atoms with Crippen LogP contribution in [0.2, 0.25) is 0 Å². The Morgan fingerprint density at radius 1 is 1.04 bits per heavy atom. The minimum absolute atomic E-state index is 0.0175. The van der Waals surface area contributed by atoms with Crippen LogP contribution in [0.1, 0.15) is 5.69 Å². The molecule has 0 N–H and O–H groups in total. The van der Waals surface area contributed by atoms with Gasteiger partial charge >= 0.3 is 0 Å². The fraction of sp³-hybridized carbons (Fsp3) is 0.286. The molecule has 0 spiro atoms. The molecule has 0 bridgehead atoms. The van der Waals surface area contributed by atoms with E-state index >= 15 is 0 Å². The number of amides is 1. The number of fused-ring (bicyclic) bond motifs is 1. The van der Waals surface area contributed by atoms with E-state index in [1.54, 1.807) is 10.8 Å². The number of pyridine rings is 2. The van der Waals surface area contributed by atoms with E-state index in [1.165, 1.54) is 0 Å². The van der Waals surface area contributed by atoms with Gasteiger partial charge in [0.05, 0.1) is 0 Å². The summed E-state index contributed by atoms with van der Waals surface area (Å²) in [6.45, 7) is 4.72. The van der Waals surface area contributed by atoms with Crippen LogP contribution in [0.5, 0.6) is 0 Å². The lowest BCUT2D eigenvalue weighted by molar-refractivity contribution is -0.132. The van der Waals surface area contributed by atoms with Crippen molar-refractivity contribution >= 4 is 22.5 Å². The van der Waals surface area contributed by atoms with E-state index < -0.39 is 0 Å². The highest BCUT2D eigenvalue weighted by molar-refractivity contribution is 5.83. The molecule has 0 aliphatic carbocycles. The highest BCUT2D eigenvalue weighted by atomic mass is 16.2. The van der Waals surface area contributed by atoms with Crippen LogP contribution in [0.25, 0.3) is 10.8 Å². The standard InChI is InChI=1S/C21H22N4O2/c1-16-14-17-6-2-3-7-18(17)21(27)25(16)15-20(26)24-12-10-23(11-13-24)19-8-4-5-9-22-19/h2-9,14H,10-13,15H2,1H3. The second-order valence-electron chi connectivity index (χ2n) is 6.82. The van der Waals surface area contributed by atoms with Gasteiger partial charge in [0.25, 0.3) is 5.56 Å². The Balaban J connectivity index is 1.47. The lowest BCUT2D eigenvalue weighted by atomic mass is 10.1. The molecule has 4 rings (SSSR count). The Bertz CT molecular complexity index is 1020. The number of carbonyl (C=O) groups is 1. The van der Waals surface area contributed by atoms with Crippen LogP contribution < -0.4 is 10.5 Å². The Hall–Kier alpha value is -3.15. The summed E-state index contributed by atoms with van der Waals surface area (Å²) < 4.78 is 1.58. The van der Waals surface area contributed by atoms with Gasteiger partial charge in [-0.25, -0.2) is 4.98 Å². The maximum absolute atomic E-state index is 12.8. The molecule has 3 heterocycles. The molecular weight excluding hydrogens is 340 g/mol. The number of aryl methyl sites for hydroxylation is 1. The monoisotopic (exact) mass is 362 g/mol. The number of hydrogen-bond acceptors (Lipinski definition) is 4. The molecule has 2 aromatic heterocycles. The molecule has 0 radical (unpaired) electrons. The van der Waals surface area contributed by atoms with Gasteiger partial charge in [-0.3, -0.25) is 9.59 Å². The van der Waals surface area contributed by atoms with E-state index in [-0.39, 0.29) is 18.0 Å². The molecule has 6 nitrogen and oxygen atoms in total. The van der Waals surface area contributed by atoms with Crippen LogP contribution in [-0.4, -0.2) is 46.5 Å². The molecule has 27 heavy (non-hydrogen) atoms. The average molecular weight is 362 g/mol. The zero-order valence-electron chi connectivity index (χ0n) is 15.3. The smallest absolute Gasteiger partial charge is 0.259 e. The summed E-state index contributed by atoms with van der Waals surface area (Å²) in [4.78, 5) is 33.9. The molecule has 3 aromatic rings. The van der Waals surface area contributed by atoms with Crippen LogP contribution in [-0.2, 0) is 11.3 Å². The summed E-state index contributed by atoms with van der Waals surface area (Å²) >= 11 is 0. The number of carbonyl (C=O) groups excluding carboxylic acids is 1. The van der Waals surface area contributed by atoms with Crippen LogP contribution in [0, 0.1) is 6.92 Å². The van der Waals surface area contributed by atoms with E-state index in [1.807, 2.05) is 60.4 Å². The third-order valence-corrected chi connectivity index (χ3v) is 5.13. The molecule has 0 saturated carbocycles. The van der Waals surface area contributed by atoms with E-state index in [0.29, 0.717) is 18.5 Å². The number of hydrogen-bond donors (Lipinski definition) is 0. The largest absolute Gasteiger partial charge is 0.353 e. The van der Waals surface area contributed by atoms with Crippen molar-refractivity contribution in [3.05, 3.63) is 70.8 Å². The minimum Gasteiger partial charge on any atom is -0.353 e. The highest BCUT2D eigenvalue weighted by Crippen LogP contribution is 2.14. The van der Waals surface area contributed by atoms with Gasteiger partial charge in [-0.2, -0.15) is 0 Å². The topological polar surface area (TPSA) is 58.4 Å². The fourth-order valence-corrected chi connectivity index (χ4v) is 3.58. The number of piperazine rings is 1. The predicted molar refractivity (Wildman–Crippen MR) is 106 cm³/mol. The Morgan fingerprint density at radius 3 is 2.52 bits per heavy atom. The predicted octanol–water partition coefficient (Wildman–Crippen LogP) is 2.05. The van der Waals surface area contributed by atoms with Crippen molar-refractivity contribution in [2.24, 2.45) is 0 Å². The fourth-order valence-electron chi connectivity index (χ4n) is 3.58. The van der Waals surface area contributed by atoms with Gasteiger partial charge in [-0.15, -0.1) is 0 Å². The summed E-state index contributed by atoms with van der Waals surface area (Å²) in [6, 6.07) is 15.3. The Morgan fingerprint density at radius 2 is 1.78 bits per heavy atom. The van der Waals surface area contributed by atoms with Gasteiger partial charge in [0.15, 0.2) is 0 Å². The highest BCUT2D eigenvalue weighted by Gasteiger charge is 2.22. The Labute approximate surface area is 157 Å². The zero-order chi connectivity index (χ0) is 18.8. The first-order chi connectivity index (χ1) is 13.1. The van der Waals surface area contributed by atoms with Crippen LogP contribution in [0.4, 0.5) is 5.82 Å². The summed E-state index contributed by atoms with van der Waals surface area (Å²) in [5, 5.41) is 1.56. The summed E-state index contributed by atoms with van der Waals surface area (Å²) in [5.41, 5.74) is 0.699. The molecular formula is C21H22N4O2. The van der Waals surface area contributed by atoms with Crippen LogP contribution >= 0.6 is 0 Å². The lowest BCUT2D eigenvalue weighted by Crippen LogP contribution is -2.50. The summed E-state index contributed by atoms with van der Waals surface area (Å²) in [6.07, 6.45) is 1.78. The van der Waals surface area contributed by atoms with Crippen molar-refractivity contribution in [3.63, 3.8) is 0 Å².